The van der Waals surface area contributed by atoms with Crippen molar-refractivity contribution >= 4 is 40.3 Å². The first-order valence-corrected chi connectivity index (χ1v) is 8.57. The van der Waals surface area contributed by atoms with Crippen molar-refractivity contribution in [3.05, 3.63) is 68.1 Å². The van der Waals surface area contributed by atoms with E-state index in [0.717, 1.165) is 33.4 Å². The van der Waals surface area contributed by atoms with Gasteiger partial charge in [-0.2, -0.15) is 0 Å². The first kappa shape index (κ1) is 15.7. The van der Waals surface area contributed by atoms with Crippen LogP contribution in [0.4, 0.5) is 18.9 Å². The van der Waals surface area contributed by atoms with Gasteiger partial charge in [0.05, 0.1) is 24.3 Å². The number of rotatable bonds is 2. The fraction of sp³-hybridized carbons (Fsp3) is 0.167. The molecule has 0 radical (unpaired) electrons. The Morgan fingerprint density at radius 2 is 1.75 bits per heavy atom. The highest BCUT2D eigenvalue weighted by molar-refractivity contribution is 14.1. The Bertz CT molecular complexity index is 876. The van der Waals surface area contributed by atoms with Gasteiger partial charge in [-0.05, 0) is 59.2 Å². The fourth-order valence-corrected chi connectivity index (χ4v) is 3.30. The number of nitrogens with zero attached hydrogens (tertiary/aromatic N) is 2. The van der Waals surface area contributed by atoms with Crippen molar-refractivity contribution in [3.63, 3.8) is 0 Å². The van der Waals surface area contributed by atoms with Gasteiger partial charge in [0.1, 0.15) is 17.5 Å². The van der Waals surface area contributed by atoms with Crippen molar-refractivity contribution in [3.8, 4) is 0 Å². The molecule has 2 nitrogen and oxygen atoms in total. The maximum absolute atomic E-state index is 14.0. The molecule has 2 aliphatic rings. The monoisotopic (exact) mass is 440 g/mol. The maximum Gasteiger partial charge on any atom is 0.134 e. The molecule has 0 saturated heterocycles. The minimum atomic E-state index is -0.920. The summed E-state index contributed by atoms with van der Waals surface area (Å²) in [4.78, 5) is 6.18. The Hall–Kier alpha value is -1.83. The van der Waals surface area contributed by atoms with E-state index in [4.69, 9.17) is 0 Å². The van der Waals surface area contributed by atoms with Gasteiger partial charge < -0.3 is 4.90 Å². The summed E-state index contributed by atoms with van der Waals surface area (Å²) in [6.07, 6.45) is 3.68. The SMILES string of the molecule is Fc1cc(F)c(CN2C=NC(=C3CC3)c3cc(I)ccc32)c(F)c1. The molecule has 0 aromatic heterocycles. The molecule has 0 unspecified atom stereocenters. The van der Waals surface area contributed by atoms with Gasteiger partial charge in [-0.3, -0.25) is 0 Å². The van der Waals surface area contributed by atoms with Crippen molar-refractivity contribution in [1.29, 1.82) is 0 Å². The zero-order valence-electron chi connectivity index (χ0n) is 12.5. The van der Waals surface area contributed by atoms with Crippen LogP contribution in [0.5, 0.6) is 0 Å². The van der Waals surface area contributed by atoms with Gasteiger partial charge in [0.2, 0.25) is 0 Å². The van der Waals surface area contributed by atoms with Crippen LogP contribution < -0.4 is 4.90 Å². The lowest BCUT2D eigenvalue weighted by Crippen LogP contribution is -2.25. The van der Waals surface area contributed by atoms with E-state index in [1.807, 2.05) is 18.2 Å². The molecule has 0 atom stereocenters. The Morgan fingerprint density at radius 3 is 2.42 bits per heavy atom. The summed E-state index contributed by atoms with van der Waals surface area (Å²) in [5.74, 6) is -2.70. The van der Waals surface area contributed by atoms with E-state index in [-0.39, 0.29) is 12.1 Å². The number of benzene rings is 2. The number of hydrogen-bond donors (Lipinski definition) is 0. The predicted molar refractivity (Wildman–Crippen MR) is 96.3 cm³/mol. The zero-order valence-corrected chi connectivity index (χ0v) is 14.6. The lowest BCUT2D eigenvalue weighted by Gasteiger charge is -2.27. The summed E-state index contributed by atoms with van der Waals surface area (Å²) in [5.41, 5.74) is 3.91. The Morgan fingerprint density at radius 1 is 1.04 bits per heavy atom. The van der Waals surface area contributed by atoms with E-state index < -0.39 is 17.5 Å². The van der Waals surface area contributed by atoms with Crippen LogP contribution in [-0.2, 0) is 6.54 Å². The summed E-state index contributed by atoms with van der Waals surface area (Å²) in [6, 6.07) is 7.29. The van der Waals surface area contributed by atoms with Crippen molar-refractivity contribution in [2.24, 2.45) is 4.99 Å². The van der Waals surface area contributed by atoms with Gasteiger partial charge in [-0.25, -0.2) is 18.2 Å². The number of halogens is 4. The number of aliphatic imine (C=N–C) groups is 1. The van der Waals surface area contributed by atoms with E-state index >= 15 is 0 Å². The van der Waals surface area contributed by atoms with Crippen LogP contribution in [0.2, 0.25) is 0 Å². The lowest BCUT2D eigenvalue weighted by molar-refractivity contribution is 0.524. The summed E-state index contributed by atoms with van der Waals surface area (Å²) in [7, 11) is 0. The molecule has 4 rings (SSSR count). The minimum Gasteiger partial charge on any atom is -0.327 e. The second-order valence-electron chi connectivity index (χ2n) is 5.83. The Labute approximate surface area is 150 Å². The molecule has 6 heteroatoms. The van der Waals surface area contributed by atoms with E-state index in [1.54, 1.807) is 11.2 Å². The van der Waals surface area contributed by atoms with Crippen molar-refractivity contribution < 1.29 is 13.2 Å². The molecule has 0 spiro atoms. The summed E-state index contributed by atoms with van der Waals surface area (Å²) in [6.45, 7) is -0.0440. The van der Waals surface area contributed by atoms with E-state index in [1.165, 1.54) is 5.57 Å². The molecule has 2 aromatic carbocycles. The maximum atomic E-state index is 14.0. The van der Waals surface area contributed by atoms with E-state index in [2.05, 4.69) is 27.6 Å². The molecule has 0 amide bonds. The topological polar surface area (TPSA) is 15.6 Å². The summed E-state index contributed by atoms with van der Waals surface area (Å²) < 4.78 is 42.1. The fourth-order valence-electron chi connectivity index (χ4n) is 2.81. The van der Waals surface area contributed by atoms with E-state index in [0.29, 0.717) is 12.1 Å². The van der Waals surface area contributed by atoms with E-state index in [9.17, 15) is 13.2 Å². The highest BCUT2D eigenvalue weighted by Crippen LogP contribution is 2.42. The summed E-state index contributed by atoms with van der Waals surface area (Å²) in [5, 5.41) is 0. The highest BCUT2D eigenvalue weighted by atomic mass is 127. The third-order valence-electron chi connectivity index (χ3n) is 4.12. The molecule has 1 fully saturated rings. The van der Waals surface area contributed by atoms with Crippen molar-refractivity contribution in [2.75, 3.05) is 4.90 Å². The smallest absolute Gasteiger partial charge is 0.134 e. The molecule has 0 N–H and O–H groups in total. The molecule has 1 heterocycles. The Balaban J connectivity index is 1.76. The third kappa shape index (κ3) is 2.83. The quantitative estimate of drug-likeness (QED) is 0.582. The molecule has 2 aromatic rings. The third-order valence-corrected chi connectivity index (χ3v) is 4.79. The average Bonchev–Trinajstić information content (AvgIpc) is 3.35. The minimum absolute atomic E-state index is 0.0440. The number of allylic oxidation sites excluding steroid dienone is 1. The van der Waals surface area contributed by atoms with Gasteiger partial charge >= 0.3 is 0 Å². The van der Waals surface area contributed by atoms with Gasteiger partial charge in [0.15, 0.2) is 0 Å². The first-order chi connectivity index (χ1) is 11.5. The molecule has 1 aliphatic heterocycles. The normalized spacial score (nSPS) is 15.8. The van der Waals surface area contributed by atoms with Gasteiger partial charge in [-0.1, -0.05) is 0 Å². The van der Waals surface area contributed by atoms with Crippen LogP contribution in [0.15, 0.2) is 40.9 Å². The number of anilines is 1. The number of hydrogen-bond acceptors (Lipinski definition) is 2. The van der Waals surface area contributed by atoms with Gasteiger partial charge in [0.25, 0.3) is 0 Å². The average molecular weight is 440 g/mol. The molecular weight excluding hydrogens is 428 g/mol. The molecule has 1 saturated carbocycles. The number of fused-ring (bicyclic) bond motifs is 1. The van der Waals surface area contributed by atoms with Crippen LogP contribution in [-0.4, -0.2) is 6.34 Å². The predicted octanol–water partition coefficient (Wildman–Crippen LogP) is 5.26. The second-order valence-corrected chi connectivity index (χ2v) is 7.08. The molecule has 1 aliphatic carbocycles. The van der Waals surface area contributed by atoms with Crippen LogP contribution in [0.1, 0.15) is 24.0 Å². The van der Waals surface area contributed by atoms with Crippen LogP contribution >= 0.6 is 22.6 Å². The Kier molecular flexibility index (Phi) is 3.86. The zero-order chi connectivity index (χ0) is 16.8. The van der Waals surface area contributed by atoms with Crippen LogP contribution in [0, 0.1) is 21.0 Å². The van der Waals surface area contributed by atoms with Crippen LogP contribution in [0.3, 0.4) is 0 Å². The van der Waals surface area contributed by atoms with Gasteiger partial charge in [-0.15, -0.1) is 0 Å². The van der Waals surface area contributed by atoms with Gasteiger partial charge in [0, 0.05) is 26.8 Å². The summed E-state index contributed by atoms with van der Waals surface area (Å²) >= 11 is 2.23. The standard InChI is InChI=1S/C18H12F3IN2/c19-11-5-15(20)14(16(21)6-11)8-24-9-23-18(10-1-2-10)13-7-12(22)3-4-17(13)24/h3-7,9H,1-2,8H2. The second kappa shape index (κ2) is 5.91. The molecule has 24 heavy (non-hydrogen) atoms. The highest BCUT2D eigenvalue weighted by Gasteiger charge is 2.26. The molecule has 0 bridgehead atoms. The van der Waals surface area contributed by atoms with Crippen molar-refractivity contribution in [2.45, 2.75) is 19.4 Å². The van der Waals surface area contributed by atoms with Crippen molar-refractivity contribution in [1.82, 2.24) is 0 Å². The molecule has 122 valence electrons. The van der Waals surface area contributed by atoms with Crippen LogP contribution in [0.25, 0.3) is 5.70 Å². The lowest BCUT2D eigenvalue weighted by atomic mass is 10.1. The first-order valence-electron chi connectivity index (χ1n) is 7.49. The largest absolute Gasteiger partial charge is 0.327 e. The molecular formula is C18H12F3IN2.